The maximum atomic E-state index is 10.7. The number of aldehydes is 1. The van der Waals surface area contributed by atoms with E-state index in [-0.39, 0.29) is 11.7 Å². The number of carbonyl (C=O) groups is 1. The fraction of sp³-hybridized carbons (Fsp3) is 0.300. The summed E-state index contributed by atoms with van der Waals surface area (Å²) in [4.78, 5) is 20.7. The van der Waals surface area contributed by atoms with Gasteiger partial charge in [0.15, 0.2) is 0 Å². The highest BCUT2D eigenvalue weighted by Gasteiger charge is 2.14. The summed E-state index contributed by atoms with van der Waals surface area (Å²) in [7, 11) is 0. The first-order valence-corrected chi connectivity index (χ1v) is 4.54. The Kier molecular flexibility index (Phi) is 3.38. The second-order valence-corrected chi connectivity index (χ2v) is 3.45. The second-order valence-electron chi connectivity index (χ2n) is 3.45. The van der Waals surface area contributed by atoms with Crippen molar-refractivity contribution in [1.82, 2.24) is 0 Å². The standard InChI is InChI=1S/C10H12N2O3/c1-7(2)11-9-4-3-8(6-13)5-10(9)12(14)15/h3-7,11H,1-2H3. The number of hydrogen-bond donors (Lipinski definition) is 1. The topological polar surface area (TPSA) is 72.2 Å². The van der Waals surface area contributed by atoms with Crippen LogP contribution >= 0.6 is 0 Å². The predicted octanol–water partition coefficient (Wildman–Crippen LogP) is 2.23. The Morgan fingerprint density at radius 1 is 1.47 bits per heavy atom. The van der Waals surface area contributed by atoms with Gasteiger partial charge < -0.3 is 5.32 Å². The molecular weight excluding hydrogens is 196 g/mol. The van der Waals surface area contributed by atoms with Crippen LogP contribution in [0.3, 0.4) is 0 Å². The van der Waals surface area contributed by atoms with Gasteiger partial charge in [-0.25, -0.2) is 0 Å². The van der Waals surface area contributed by atoms with Gasteiger partial charge in [-0.3, -0.25) is 14.9 Å². The molecule has 0 radical (unpaired) electrons. The maximum Gasteiger partial charge on any atom is 0.293 e. The van der Waals surface area contributed by atoms with E-state index in [4.69, 9.17) is 0 Å². The molecule has 1 aromatic carbocycles. The predicted molar refractivity (Wildman–Crippen MR) is 57.2 cm³/mol. The highest BCUT2D eigenvalue weighted by molar-refractivity contribution is 5.79. The maximum absolute atomic E-state index is 10.7. The lowest BCUT2D eigenvalue weighted by molar-refractivity contribution is -0.384. The Labute approximate surface area is 87.3 Å². The van der Waals surface area contributed by atoms with Crippen LogP contribution in [0.25, 0.3) is 0 Å². The number of nitrogens with one attached hydrogen (secondary N) is 1. The minimum absolute atomic E-state index is 0.0756. The molecule has 1 rings (SSSR count). The van der Waals surface area contributed by atoms with Crippen molar-refractivity contribution in [3.05, 3.63) is 33.9 Å². The summed E-state index contributed by atoms with van der Waals surface area (Å²) in [6.07, 6.45) is 0.589. The van der Waals surface area contributed by atoms with E-state index in [0.29, 0.717) is 17.5 Å². The molecule has 0 spiro atoms. The first-order valence-electron chi connectivity index (χ1n) is 4.54. The summed E-state index contributed by atoms with van der Waals surface area (Å²) >= 11 is 0. The lowest BCUT2D eigenvalue weighted by Crippen LogP contribution is -2.11. The van der Waals surface area contributed by atoms with Gasteiger partial charge in [0.25, 0.3) is 5.69 Å². The molecule has 0 aromatic heterocycles. The number of rotatable bonds is 4. The van der Waals surface area contributed by atoms with Crippen LogP contribution in [0.1, 0.15) is 24.2 Å². The third kappa shape index (κ3) is 2.77. The number of nitro benzene ring substituents is 1. The fourth-order valence-electron chi connectivity index (χ4n) is 1.21. The summed E-state index contributed by atoms with van der Waals surface area (Å²) in [6, 6.07) is 4.45. The van der Waals surface area contributed by atoms with Gasteiger partial charge in [-0.1, -0.05) is 0 Å². The van der Waals surface area contributed by atoms with Crippen molar-refractivity contribution < 1.29 is 9.72 Å². The van der Waals surface area contributed by atoms with E-state index in [0.717, 1.165) is 0 Å². The van der Waals surface area contributed by atoms with Gasteiger partial charge in [-0.2, -0.15) is 0 Å². The number of carbonyl (C=O) groups excluding carboxylic acids is 1. The van der Waals surface area contributed by atoms with Crippen LogP contribution in [0.5, 0.6) is 0 Å². The molecule has 0 heterocycles. The van der Waals surface area contributed by atoms with Crippen LogP contribution in [-0.2, 0) is 0 Å². The molecule has 5 nitrogen and oxygen atoms in total. The monoisotopic (exact) mass is 208 g/mol. The van der Waals surface area contributed by atoms with E-state index in [2.05, 4.69) is 5.32 Å². The Morgan fingerprint density at radius 2 is 2.13 bits per heavy atom. The lowest BCUT2D eigenvalue weighted by atomic mass is 10.2. The second kappa shape index (κ2) is 4.54. The van der Waals surface area contributed by atoms with Gasteiger partial charge in [-0.15, -0.1) is 0 Å². The van der Waals surface area contributed by atoms with Gasteiger partial charge in [0, 0.05) is 17.7 Å². The highest BCUT2D eigenvalue weighted by atomic mass is 16.6. The van der Waals surface area contributed by atoms with E-state index in [1.165, 1.54) is 6.07 Å². The molecule has 0 unspecified atom stereocenters. The van der Waals surface area contributed by atoms with Crippen molar-refractivity contribution in [2.75, 3.05) is 5.32 Å². The van der Waals surface area contributed by atoms with Gasteiger partial charge >= 0.3 is 0 Å². The van der Waals surface area contributed by atoms with E-state index in [9.17, 15) is 14.9 Å². The molecule has 0 aliphatic heterocycles. The Balaban J connectivity index is 3.14. The van der Waals surface area contributed by atoms with Crippen molar-refractivity contribution in [3.63, 3.8) is 0 Å². The van der Waals surface area contributed by atoms with Crippen LogP contribution < -0.4 is 5.32 Å². The molecule has 0 saturated heterocycles. The zero-order chi connectivity index (χ0) is 11.4. The molecule has 0 aliphatic rings. The number of hydrogen-bond acceptors (Lipinski definition) is 4. The molecule has 15 heavy (non-hydrogen) atoms. The molecule has 1 N–H and O–H groups in total. The van der Waals surface area contributed by atoms with Crippen LogP contribution in [0.15, 0.2) is 18.2 Å². The van der Waals surface area contributed by atoms with Crippen LogP contribution in [0.2, 0.25) is 0 Å². The SMILES string of the molecule is CC(C)Nc1ccc(C=O)cc1[N+](=O)[O-]. The molecule has 0 atom stereocenters. The third-order valence-electron chi connectivity index (χ3n) is 1.80. The number of anilines is 1. The first-order chi connectivity index (χ1) is 7.04. The number of nitrogens with zero attached hydrogens (tertiary/aromatic N) is 1. The van der Waals surface area contributed by atoms with E-state index >= 15 is 0 Å². The molecule has 5 heteroatoms. The largest absolute Gasteiger partial charge is 0.377 e. The molecule has 0 saturated carbocycles. The number of benzene rings is 1. The Bertz CT molecular complexity index is 388. The summed E-state index contributed by atoms with van der Waals surface area (Å²) in [5, 5.41) is 13.7. The average Bonchev–Trinajstić information content (AvgIpc) is 2.17. The van der Waals surface area contributed by atoms with Crippen molar-refractivity contribution in [2.45, 2.75) is 19.9 Å². The minimum Gasteiger partial charge on any atom is -0.377 e. The molecule has 0 aliphatic carbocycles. The van der Waals surface area contributed by atoms with Crippen molar-refractivity contribution >= 4 is 17.7 Å². The third-order valence-corrected chi connectivity index (χ3v) is 1.80. The van der Waals surface area contributed by atoms with Crippen molar-refractivity contribution in [2.24, 2.45) is 0 Å². The lowest BCUT2D eigenvalue weighted by Gasteiger charge is -2.10. The van der Waals surface area contributed by atoms with E-state index in [1.807, 2.05) is 13.8 Å². The molecule has 80 valence electrons. The van der Waals surface area contributed by atoms with Crippen molar-refractivity contribution in [1.29, 1.82) is 0 Å². The zero-order valence-corrected chi connectivity index (χ0v) is 8.56. The summed E-state index contributed by atoms with van der Waals surface area (Å²) < 4.78 is 0. The average molecular weight is 208 g/mol. The molecule has 0 bridgehead atoms. The Hall–Kier alpha value is -1.91. The summed E-state index contributed by atoms with van der Waals surface area (Å²) in [5.41, 5.74) is 0.657. The molecule has 1 aromatic rings. The molecular formula is C10H12N2O3. The highest BCUT2D eigenvalue weighted by Crippen LogP contribution is 2.25. The van der Waals surface area contributed by atoms with Gasteiger partial charge in [-0.05, 0) is 26.0 Å². The van der Waals surface area contributed by atoms with E-state index < -0.39 is 4.92 Å². The summed E-state index contributed by atoms with van der Waals surface area (Å²) in [5.74, 6) is 0. The van der Waals surface area contributed by atoms with Gasteiger partial charge in [0.05, 0.1) is 4.92 Å². The first kappa shape index (κ1) is 11.2. The summed E-state index contributed by atoms with van der Waals surface area (Å²) in [6.45, 7) is 3.77. The molecule has 0 amide bonds. The molecule has 0 fully saturated rings. The zero-order valence-electron chi connectivity index (χ0n) is 8.56. The van der Waals surface area contributed by atoms with Crippen molar-refractivity contribution in [3.8, 4) is 0 Å². The quantitative estimate of drug-likeness (QED) is 0.468. The smallest absolute Gasteiger partial charge is 0.293 e. The van der Waals surface area contributed by atoms with Gasteiger partial charge in [0.1, 0.15) is 12.0 Å². The fourth-order valence-corrected chi connectivity index (χ4v) is 1.21. The minimum atomic E-state index is -0.502. The van der Waals surface area contributed by atoms with E-state index in [1.54, 1.807) is 12.1 Å². The normalized spacial score (nSPS) is 10.1. The van der Waals surface area contributed by atoms with Crippen LogP contribution in [0.4, 0.5) is 11.4 Å². The number of nitro groups is 1. The van der Waals surface area contributed by atoms with Crippen LogP contribution in [0, 0.1) is 10.1 Å². The Morgan fingerprint density at radius 3 is 2.60 bits per heavy atom. The van der Waals surface area contributed by atoms with Crippen LogP contribution in [-0.4, -0.2) is 17.3 Å². The van der Waals surface area contributed by atoms with Gasteiger partial charge in [0.2, 0.25) is 0 Å².